The third-order valence-electron chi connectivity index (χ3n) is 2.64. The Bertz CT molecular complexity index is 164. The lowest BCUT2D eigenvalue weighted by molar-refractivity contribution is -0.142. The quantitative estimate of drug-likeness (QED) is 0.692. The van der Waals surface area contributed by atoms with E-state index in [0.717, 1.165) is 13.1 Å². The zero-order valence-electron chi connectivity index (χ0n) is 8.21. The molecule has 0 saturated carbocycles. The standard InChI is InChI=1S/C9H17NO2.ClH/c1-7-3-4-10-6-8(7)5-9(11)12-2;/h7-8,10H,3-6H2,1-2H3;1H. The van der Waals surface area contributed by atoms with Crippen molar-refractivity contribution >= 4 is 18.4 Å². The Hall–Kier alpha value is -0.280. The van der Waals surface area contributed by atoms with Gasteiger partial charge in [0.2, 0.25) is 0 Å². The van der Waals surface area contributed by atoms with E-state index in [4.69, 9.17) is 0 Å². The molecule has 0 radical (unpaired) electrons. The van der Waals surface area contributed by atoms with Gasteiger partial charge in [-0.2, -0.15) is 0 Å². The average Bonchev–Trinajstić information content (AvgIpc) is 2.09. The number of hydrogen-bond acceptors (Lipinski definition) is 3. The lowest BCUT2D eigenvalue weighted by Crippen LogP contribution is -2.36. The third kappa shape index (κ3) is 3.96. The molecule has 1 fully saturated rings. The lowest BCUT2D eigenvalue weighted by Gasteiger charge is -2.28. The van der Waals surface area contributed by atoms with E-state index in [-0.39, 0.29) is 18.4 Å². The number of piperidine rings is 1. The Kier molecular flexibility index (Phi) is 6.08. The molecule has 4 heteroatoms. The summed E-state index contributed by atoms with van der Waals surface area (Å²) in [6.45, 7) is 4.24. The fourth-order valence-corrected chi connectivity index (χ4v) is 1.62. The number of ether oxygens (including phenoxy) is 1. The summed E-state index contributed by atoms with van der Waals surface area (Å²) < 4.78 is 4.63. The predicted molar refractivity (Wildman–Crippen MR) is 54.0 cm³/mol. The van der Waals surface area contributed by atoms with Gasteiger partial charge in [-0.05, 0) is 31.3 Å². The van der Waals surface area contributed by atoms with Crippen molar-refractivity contribution in [2.75, 3.05) is 20.2 Å². The second-order valence-corrected chi connectivity index (χ2v) is 3.51. The van der Waals surface area contributed by atoms with Gasteiger partial charge in [0, 0.05) is 6.42 Å². The number of hydrogen-bond donors (Lipinski definition) is 1. The first kappa shape index (κ1) is 12.7. The topological polar surface area (TPSA) is 38.3 Å². The van der Waals surface area contributed by atoms with Crippen molar-refractivity contribution in [1.82, 2.24) is 5.32 Å². The van der Waals surface area contributed by atoms with Crippen LogP contribution in [0.25, 0.3) is 0 Å². The summed E-state index contributed by atoms with van der Waals surface area (Å²) in [5.41, 5.74) is 0. The smallest absolute Gasteiger partial charge is 0.305 e. The molecule has 1 aliphatic heterocycles. The summed E-state index contributed by atoms with van der Waals surface area (Å²) >= 11 is 0. The van der Waals surface area contributed by atoms with Crippen molar-refractivity contribution < 1.29 is 9.53 Å². The van der Waals surface area contributed by atoms with Gasteiger partial charge in [-0.15, -0.1) is 12.4 Å². The second-order valence-electron chi connectivity index (χ2n) is 3.51. The molecule has 0 aromatic heterocycles. The molecule has 1 heterocycles. The van der Waals surface area contributed by atoms with Gasteiger partial charge in [-0.3, -0.25) is 4.79 Å². The first-order chi connectivity index (χ1) is 5.74. The van der Waals surface area contributed by atoms with Crippen LogP contribution >= 0.6 is 12.4 Å². The van der Waals surface area contributed by atoms with Crippen molar-refractivity contribution in [1.29, 1.82) is 0 Å². The molecule has 2 atom stereocenters. The number of carbonyl (C=O) groups is 1. The SMILES string of the molecule is COC(=O)CC1CNCCC1C.Cl. The minimum absolute atomic E-state index is 0. The van der Waals surface area contributed by atoms with E-state index in [9.17, 15) is 4.79 Å². The van der Waals surface area contributed by atoms with Crippen LogP contribution in [-0.4, -0.2) is 26.2 Å². The number of halogens is 1. The summed E-state index contributed by atoms with van der Waals surface area (Å²) in [6.07, 6.45) is 1.73. The van der Waals surface area contributed by atoms with E-state index in [2.05, 4.69) is 17.0 Å². The van der Waals surface area contributed by atoms with E-state index >= 15 is 0 Å². The first-order valence-corrected chi connectivity index (χ1v) is 4.51. The van der Waals surface area contributed by atoms with Gasteiger partial charge in [0.15, 0.2) is 0 Å². The summed E-state index contributed by atoms with van der Waals surface area (Å²) in [5, 5.41) is 3.29. The zero-order valence-corrected chi connectivity index (χ0v) is 9.02. The van der Waals surface area contributed by atoms with Gasteiger partial charge in [0.1, 0.15) is 0 Å². The Morgan fingerprint density at radius 3 is 2.85 bits per heavy atom. The Labute approximate surface area is 85.6 Å². The number of nitrogens with one attached hydrogen (secondary N) is 1. The fraction of sp³-hybridized carbons (Fsp3) is 0.889. The minimum atomic E-state index is -0.0875. The molecule has 3 nitrogen and oxygen atoms in total. The monoisotopic (exact) mass is 207 g/mol. The molecule has 2 unspecified atom stereocenters. The van der Waals surface area contributed by atoms with Crippen molar-refractivity contribution in [3.63, 3.8) is 0 Å². The molecule has 0 amide bonds. The van der Waals surface area contributed by atoms with Crippen molar-refractivity contribution in [2.24, 2.45) is 11.8 Å². The highest BCUT2D eigenvalue weighted by atomic mass is 35.5. The molecule has 13 heavy (non-hydrogen) atoms. The Balaban J connectivity index is 0.00000144. The zero-order chi connectivity index (χ0) is 8.97. The van der Waals surface area contributed by atoms with E-state index in [1.807, 2.05) is 0 Å². The molecule has 0 spiro atoms. The number of methoxy groups -OCH3 is 1. The maximum Gasteiger partial charge on any atom is 0.305 e. The van der Waals surface area contributed by atoms with Gasteiger partial charge >= 0.3 is 5.97 Å². The van der Waals surface area contributed by atoms with Crippen molar-refractivity contribution in [3.8, 4) is 0 Å². The van der Waals surface area contributed by atoms with Crippen LogP contribution in [0, 0.1) is 11.8 Å². The molecule has 1 saturated heterocycles. The van der Waals surface area contributed by atoms with E-state index in [1.165, 1.54) is 13.5 Å². The normalized spacial score (nSPS) is 27.5. The molecule has 1 aliphatic rings. The molecule has 0 aliphatic carbocycles. The van der Waals surface area contributed by atoms with Gasteiger partial charge in [-0.25, -0.2) is 0 Å². The van der Waals surface area contributed by atoms with Gasteiger partial charge in [0.05, 0.1) is 7.11 Å². The number of rotatable bonds is 2. The van der Waals surface area contributed by atoms with Gasteiger partial charge in [0.25, 0.3) is 0 Å². The number of esters is 1. The van der Waals surface area contributed by atoms with Crippen LogP contribution in [0.4, 0.5) is 0 Å². The molecule has 0 bridgehead atoms. The van der Waals surface area contributed by atoms with E-state index in [0.29, 0.717) is 18.3 Å². The van der Waals surface area contributed by atoms with Crippen LogP contribution in [0.3, 0.4) is 0 Å². The fourth-order valence-electron chi connectivity index (χ4n) is 1.62. The van der Waals surface area contributed by atoms with Crippen LogP contribution in [-0.2, 0) is 9.53 Å². The maximum atomic E-state index is 11.0. The van der Waals surface area contributed by atoms with Crippen LogP contribution in [0.5, 0.6) is 0 Å². The summed E-state index contributed by atoms with van der Waals surface area (Å²) in [4.78, 5) is 11.0. The van der Waals surface area contributed by atoms with E-state index in [1.54, 1.807) is 0 Å². The highest BCUT2D eigenvalue weighted by molar-refractivity contribution is 5.85. The Morgan fingerprint density at radius 1 is 1.62 bits per heavy atom. The van der Waals surface area contributed by atoms with Crippen LogP contribution in [0.2, 0.25) is 0 Å². The molecule has 78 valence electrons. The molecule has 1 N–H and O–H groups in total. The van der Waals surface area contributed by atoms with Crippen LogP contribution in [0.15, 0.2) is 0 Å². The summed E-state index contributed by atoms with van der Waals surface area (Å²) in [7, 11) is 1.45. The highest BCUT2D eigenvalue weighted by Crippen LogP contribution is 2.21. The minimum Gasteiger partial charge on any atom is -0.469 e. The maximum absolute atomic E-state index is 11.0. The molecular formula is C9H18ClNO2. The largest absolute Gasteiger partial charge is 0.469 e. The van der Waals surface area contributed by atoms with Crippen molar-refractivity contribution in [3.05, 3.63) is 0 Å². The number of carbonyl (C=O) groups excluding carboxylic acids is 1. The first-order valence-electron chi connectivity index (χ1n) is 4.51. The highest BCUT2D eigenvalue weighted by Gasteiger charge is 2.23. The summed E-state index contributed by atoms with van der Waals surface area (Å²) in [6, 6.07) is 0. The molecule has 1 rings (SSSR count). The van der Waals surface area contributed by atoms with Gasteiger partial charge in [-0.1, -0.05) is 6.92 Å². The van der Waals surface area contributed by atoms with E-state index < -0.39 is 0 Å². The third-order valence-corrected chi connectivity index (χ3v) is 2.64. The summed E-state index contributed by atoms with van der Waals surface area (Å²) in [5.74, 6) is 1.02. The molecular weight excluding hydrogens is 190 g/mol. The average molecular weight is 208 g/mol. The van der Waals surface area contributed by atoms with Crippen LogP contribution < -0.4 is 5.32 Å². The molecule has 0 aromatic rings. The second kappa shape index (κ2) is 6.22. The van der Waals surface area contributed by atoms with Crippen LogP contribution in [0.1, 0.15) is 19.8 Å². The predicted octanol–water partition coefficient (Wildman–Crippen LogP) is 1.22. The molecule has 0 aromatic carbocycles. The Morgan fingerprint density at radius 2 is 2.31 bits per heavy atom. The van der Waals surface area contributed by atoms with Gasteiger partial charge < -0.3 is 10.1 Å². The lowest BCUT2D eigenvalue weighted by atomic mass is 9.86. The van der Waals surface area contributed by atoms with Crippen molar-refractivity contribution in [2.45, 2.75) is 19.8 Å².